The Balaban J connectivity index is 1.77. The van der Waals surface area contributed by atoms with E-state index < -0.39 is 17.6 Å². The van der Waals surface area contributed by atoms with Crippen LogP contribution in [-0.2, 0) is 12.6 Å². The van der Waals surface area contributed by atoms with E-state index >= 15 is 0 Å². The van der Waals surface area contributed by atoms with Crippen LogP contribution in [0.25, 0.3) is 0 Å². The summed E-state index contributed by atoms with van der Waals surface area (Å²) in [7, 11) is 0. The van der Waals surface area contributed by atoms with Gasteiger partial charge in [-0.15, -0.1) is 0 Å². The van der Waals surface area contributed by atoms with Crippen molar-refractivity contribution in [2.45, 2.75) is 64.0 Å². The third-order valence-corrected chi connectivity index (χ3v) is 6.39. The van der Waals surface area contributed by atoms with E-state index in [0.717, 1.165) is 44.6 Å². The molecular weight excluding hydrogens is 377 g/mol. The van der Waals surface area contributed by atoms with Crippen LogP contribution in [0.2, 0.25) is 0 Å². The average molecular weight is 402 g/mol. The van der Waals surface area contributed by atoms with E-state index in [2.05, 4.69) is 10.3 Å². The first-order valence-corrected chi connectivity index (χ1v) is 10.3. The van der Waals surface area contributed by atoms with Gasteiger partial charge < -0.3 is 5.32 Å². The molecule has 4 rings (SSSR count). The van der Waals surface area contributed by atoms with Gasteiger partial charge in [-0.25, -0.2) is 0 Å². The molecule has 0 radical (unpaired) electrons. The molecule has 0 bridgehead atoms. The molecule has 1 aromatic heterocycles. The van der Waals surface area contributed by atoms with Gasteiger partial charge in [-0.1, -0.05) is 12.8 Å². The Morgan fingerprint density at radius 1 is 1.14 bits per heavy atom. The number of amides is 1. The van der Waals surface area contributed by atoms with Crippen molar-refractivity contribution in [2.75, 3.05) is 5.32 Å². The van der Waals surface area contributed by atoms with Crippen molar-refractivity contribution >= 4 is 11.6 Å². The molecule has 29 heavy (non-hydrogen) atoms. The summed E-state index contributed by atoms with van der Waals surface area (Å²) in [6.45, 7) is 1.75. The monoisotopic (exact) mass is 402 g/mol. The highest BCUT2D eigenvalue weighted by Gasteiger charge is 2.40. The second kappa shape index (κ2) is 7.81. The molecule has 0 spiro atoms. The fourth-order valence-electron chi connectivity index (χ4n) is 5.02. The Hall–Kier alpha value is -2.37. The molecule has 154 valence electrons. The number of anilines is 1. The maximum atomic E-state index is 14.1. The Kier molecular flexibility index (Phi) is 5.36. The summed E-state index contributed by atoms with van der Waals surface area (Å²) in [5.74, 6) is -0.252. The summed E-state index contributed by atoms with van der Waals surface area (Å²) in [6.07, 6.45) is 3.45. The number of rotatable bonds is 2. The molecule has 6 heteroatoms. The number of pyridine rings is 1. The van der Waals surface area contributed by atoms with Gasteiger partial charge in [0.15, 0.2) is 0 Å². The number of nitrogens with one attached hydrogen (secondary N) is 1. The normalized spacial score (nSPS) is 21.7. The molecular formula is C23H25F3N2O. The van der Waals surface area contributed by atoms with E-state index in [4.69, 9.17) is 0 Å². The van der Waals surface area contributed by atoms with Gasteiger partial charge in [0.2, 0.25) is 0 Å². The van der Waals surface area contributed by atoms with Crippen LogP contribution in [0.15, 0.2) is 30.5 Å². The fraction of sp³-hybridized carbons (Fsp3) is 0.478. The highest BCUT2D eigenvalue weighted by atomic mass is 19.4. The summed E-state index contributed by atoms with van der Waals surface area (Å²) in [6, 6.07) is 6.12. The van der Waals surface area contributed by atoms with Crippen LogP contribution in [0.4, 0.5) is 18.9 Å². The Morgan fingerprint density at radius 3 is 2.66 bits per heavy atom. The lowest BCUT2D eigenvalue weighted by Crippen LogP contribution is -2.23. The van der Waals surface area contributed by atoms with Gasteiger partial charge in [0.25, 0.3) is 5.91 Å². The Morgan fingerprint density at radius 2 is 1.90 bits per heavy atom. The second-order valence-electron chi connectivity index (χ2n) is 8.23. The average Bonchev–Trinajstić information content (AvgIpc) is 2.87. The standard InChI is InChI=1S/C23H25F3N2O/c1-14-20(10-5-11-27-14)28-22(29)17-12-16-8-4-7-15-6-2-3-9-18(15)21(16)19(13-17)23(24,25)26/h5,10-13,15,18H,2-4,6-9H2,1H3,(H,28,29). The predicted molar refractivity (Wildman–Crippen MR) is 106 cm³/mol. The van der Waals surface area contributed by atoms with Gasteiger partial charge in [-0.3, -0.25) is 9.78 Å². The molecule has 1 heterocycles. The number of hydrogen-bond acceptors (Lipinski definition) is 2. The van der Waals surface area contributed by atoms with Gasteiger partial charge in [0.1, 0.15) is 0 Å². The van der Waals surface area contributed by atoms with Crippen LogP contribution in [0.5, 0.6) is 0 Å². The van der Waals surface area contributed by atoms with E-state index in [1.165, 1.54) is 0 Å². The summed E-state index contributed by atoms with van der Waals surface area (Å²) in [4.78, 5) is 16.9. The number of carbonyl (C=O) groups excluding carboxylic acids is 1. The number of alkyl halides is 3. The molecule has 0 saturated heterocycles. The number of fused-ring (bicyclic) bond motifs is 3. The number of aromatic nitrogens is 1. The lowest BCUT2D eigenvalue weighted by atomic mass is 9.72. The van der Waals surface area contributed by atoms with Crippen LogP contribution in [0.1, 0.15) is 77.2 Å². The van der Waals surface area contributed by atoms with E-state index in [1.54, 1.807) is 31.3 Å². The van der Waals surface area contributed by atoms with E-state index in [0.29, 0.717) is 34.8 Å². The number of aryl methyl sites for hydroxylation is 2. The second-order valence-corrected chi connectivity index (χ2v) is 8.23. The third-order valence-electron chi connectivity index (χ3n) is 6.39. The lowest BCUT2D eigenvalue weighted by molar-refractivity contribution is -0.138. The minimum Gasteiger partial charge on any atom is -0.320 e. The SMILES string of the molecule is Cc1ncccc1NC(=O)c1cc2c(c(C(F)(F)F)c1)C1CCCCC1CCC2. The number of hydrogen-bond donors (Lipinski definition) is 1. The number of nitrogens with zero attached hydrogens (tertiary/aromatic N) is 1. The molecule has 3 nitrogen and oxygen atoms in total. The van der Waals surface area contributed by atoms with Crippen molar-refractivity contribution in [1.82, 2.24) is 4.98 Å². The van der Waals surface area contributed by atoms with Gasteiger partial charge in [0, 0.05) is 11.8 Å². The largest absolute Gasteiger partial charge is 0.416 e. The van der Waals surface area contributed by atoms with Gasteiger partial charge in [0.05, 0.1) is 16.9 Å². The fourth-order valence-corrected chi connectivity index (χ4v) is 5.02. The zero-order valence-corrected chi connectivity index (χ0v) is 16.5. The zero-order valence-electron chi connectivity index (χ0n) is 16.5. The molecule has 2 aromatic rings. The maximum absolute atomic E-state index is 14.1. The van der Waals surface area contributed by atoms with Crippen molar-refractivity contribution in [1.29, 1.82) is 0 Å². The van der Waals surface area contributed by atoms with Gasteiger partial charge in [-0.2, -0.15) is 13.2 Å². The zero-order chi connectivity index (χ0) is 20.6. The number of carbonyl (C=O) groups is 1. The van der Waals surface area contributed by atoms with Crippen molar-refractivity contribution in [3.8, 4) is 0 Å². The van der Waals surface area contributed by atoms with Crippen LogP contribution in [-0.4, -0.2) is 10.9 Å². The van der Waals surface area contributed by atoms with Crippen molar-refractivity contribution < 1.29 is 18.0 Å². The van der Waals surface area contributed by atoms with Gasteiger partial charge >= 0.3 is 6.18 Å². The van der Waals surface area contributed by atoms with E-state index in [9.17, 15) is 18.0 Å². The highest BCUT2D eigenvalue weighted by Crippen LogP contribution is 2.48. The molecule has 0 aliphatic heterocycles. The highest BCUT2D eigenvalue weighted by molar-refractivity contribution is 6.04. The molecule has 1 amide bonds. The summed E-state index contributed by atoms with van der Waals surface area (Å²) >= 11 is 0. The first kappa shape index (κ1) is 19.9. The Bertz CT molecular complexity index is 923. The maximum Gasteiger partial charge on any atom is 0.416 e. The summed E-state index contributed by atoms with van der Waals surface area (Å²) < 4.78 is 42.2. The minimum atomic E-state index is -4.48. The van der Waals surface area contributed by atoms with Crippen molar-refractivity contribution in [3.05, 3.63) is 58.4 Å². The van der Waals surface area contributed by atoms with Gasteiger partial charge in [-0.05, 0) is 86.3 Å². The lowest BCUT2D eigenvalue weighted by Gasteiger charge is -2.33. The topological polar surface area (TPSA) is 42.0 Å². The van der Waals surface area contributed by atoms with E-state index in [1.807, 2.05) is 0 Å². The third kappa shape index (κ3) is 4.02. The van der Waals surface area contributed by atoms with Crippen LogP contribution >= 0.6 is 0 Å². The molecule has 2 aliphatic rings. The predicted octanol–water partition coefficient (Wildman–Crippen LogP) is 6.27. The molecule has 2 aliphatic carbocycles. The molecule has 1 fully saturated rings. The summed E-state index contributed by atoms with van der Waals surface area (Å²) in [5, 5.41) is 2.72. The minimum absolute atomic E-state index is 0.0458. The van der Waals surface area contributed by atoms with Crippen LogP contribution in [0.3, 0.4) is 0 Å². The quantitative estimate of drug-likeness (QED) is 0.643. The van der Waals surface area contributed by atoms with E-state index in [-0.39, 0.29) is 11.5 Å². The van der Waals surface area contributed by atoms with Crippen LogP contribution in [0, 0.1) is 12.8 Å². The van der Waals surface area contributed by atoms with Crippen molar-refractivity contribution in [2.24, 2.45) is 5.92 Å². The molecule has 2 unspecified atom stereocenters. The smallest absolute Gasteiger partial charge is 0.320 e. The first-order chi connectivity index (χ1) is 13.8. The number of halogens is 3. The molecule has 2 atom stereocenters. The Labute approximate surface area is 168 Å². The molecule has 1 N–H and O–H groups in total. The first-order valence-electron chi connectivity index (χ1n) is 10.3. The number of benzene rings is 1. The van der Waals surface area contributed by atoms with Crippen LogP contribution < -0.4 is 5.32 Å². The molecule has 1 saturated carbocycles. The molecule has 1 aromatic carbocycles. The summed E-state index contributed by atoms with van der Waals surface area (Å²) in [5.41, 5.74) is 1.72. The van der Waals surface area contributed by atoms with Crippen molar-refractivity contribution in [3.63, 3.8) is 0 Å².